The number of carboxylic acid groups (broad SMARTS) is 1. The number of amides is 2. The number of carbonyl (C=O) groups is 3. The molecule has 0 aromatic carbocycles. The number of nitrogens with zero attached hydrogens (tertiary/aromatic N) is 2. The van der Waals surface area contributed by atoms with Gasteiger partial charge in [-0.05, 0) is 43.2 Å². The lowest BCUT2D eigenvalue weighted by Gasteiger charge is -2.38. The van der Waals surface area contributed by atoms with Crippen LogP contribution in [0.3, 0.4) is 0 Å². The lowest BCUT2D eigenvalue weighted by molar-refractivity contribution is -0.153. The number of rotatable bonds is 3. The van der Waals surface area contributed by atoms with Gasteiger partial charge >= 0.3 is 5.97 Å². The molecule has 3 fully saturated rings. The number of hydrogen-bond donors (Lipinski definition) is 1. The van der Waals surface area contributed by atoms with Gasteiger partial charge in [0.2, 0.25) is 5.91 Å². The first kappa shape index (κ1) is 16.2. The van der Waals surface area contributed by atoms with E-state index in [4.69, 9.17) is 4.42 Å². The Balaban J connectivity index is 1.40. The monoisotopic (exact) mass is 346 g/mol. The standard InChI is InChI=1S/C18H22N2O5/c21-16(13-2-1-9-25-13)19-5-7-20(8-6-19)17(22)14-11-3-4-12(10-11)15(14)18(23)24/h1-2,9,11-12,14-15H,3-8,10H2,(H,23,24)/t11-,12+,14-,15-/m0/s1. The molecule has 1 aliphatic heterocycles. The van der Waals surface area contributed by atoms with Crippen LogP contribution in [0.5, 0.6) is 0 Å². The maximum atomic E-state index is 13.0. The Morgan fingerprint density at radius 2 is 1.64 bits per heavy atom. The molecule has 2 bridgehead atoms. The Bertz CT molecular complexity index is 678. The van der Waals surface area contributed by atoms with Gasteiger partial charge in [0.05, 0.1) is 18.1 Å². The summed E-state index contributed by atoms with van der Waals surface area (Å²) in [4.78, 5) is 40.3. The van der Waals surface area contributed by atoms with Crippen molar-refractivity contribution in [2.45, 2.75) is 19.3 Å². The summed E-state index contributed by atoms with van der Waals surface area (Å²) in [5, 5.41) is 9.54. The normalized spacial score (nSPS) is 31.4. The third kappa shape index (κ3) is 2.71. The van der Waals surface area contributed by atoms with E-state index < -0.39 is 11.9 Å². The molecule has 7 nitrogen and oxygen atoms in total. The number of aliphatic carboxylic acids is 1. The van der Waals surface area contributed by atoms with Gasteiger partial charge < -0.3 is 19.3 Å². The molecule has 2 heterocycles. The Hall–Kier alpha value is -2.31. The lowest BCUT2D eigenvalue weighted by atomic mass is 9.78. The fraction of sp³-hybridized carbons (Fsp3) is 0.611. The van der Waals surface area contributed by atoms with Crippen molar-refractivity contribution < 1.29 is 23.9 Å². The number of carbonyl (C=O) groups excluding carboxylic acids is 2. The van der Waals surface area contributed by atoms with Gasteiger partial charge in [-0.15, -0.1) is 0 Å². The molecule has 2 aliphatic carbocycles. The average molecular weight is 346 g/mol. The zero-order valence-corrected chi connectivity index (χ0v) is 14.0. The largest absolute Gasteiger partial charge is 0.481 e. The molecule has 2 saturated carbocycles. The fourth-order valence-electron chi connectivity index (χ4n) is 4.90. The van der Waals surface area contributed by atoms with E-state index in [9.17, 15) is 19.5 Å². The second-order valence-corrected chi connectivity index (χ2v) is 7.32. The molecule has 25 heavy (non-hydrogen) atoms. The molecule has 1 aromatic heterocycles. The van der Waals surface area contributed by atoms with E-state index in [1.165, 1.54) is 6.26 Å². The highest BCUT2D eigenvalue weighted by Gasteiger charge is 2.54. The van der Waals surface area contributed by atoms with Crippen LogP contribution in [0, 0.1) is 23.7 Å². The Morgan fingerprint density at radius 1 is 1.00 bits per heavy atom. The quantitative estimate of drug-likeness (QED) is 0.891. The predicted octanol–water partition coefficient (Wildman–Crippen LogP) is 1.31. The van der Waals surface area contributed by atoms with Crippen molar-refractivity contribution >= 4 is 17.8 Å². The van der Waals surface area contributed by atoms with Crippen LogP contribution < -0.4 is 0 Å². The zero-order chi connectivity index (χ0) is 17.6. The van der Waals surface area contributed by atoms with Crippen LogP contribution in [0.15, 0.2) is 22.8 Å². The molecule has 3 aliphatic rings. The first-order chi connectivity index (χ1) is 12.1. The van der Waals surface area contributed by atoms with E-state index in [2.05, 4.69) is 0 Å². The molecule has 7 heteroatoms. The van der Waals surface area contributed by atoms with Gasteiger partial charge in [-0.2, -0.15) is 0 Å². The molecule has 4 rings (SSSR count). The van der Waals surface area contributed by atoms with E-state index in [0.29, 0.717) is 31.9 Å². The topological polar surface area (TPSA) is 91.1 Å². The molecule has 0 spiro atoms. The highest BCUT2D eigenvalue weighted by Crippen LogP contribution is 2.53. The SMILES string of the molecule is O=C(O)[C@H]1[C@@H]2CC[C@@H](C2)[C@@H]1C(=O)N1CCN(C(=O)c2ccco2)CC1. The third-order valence-electron chi connectivity index (χ3n) is 6.10. The van der Waals surface area contributed by atoms with Gasteiger partial charge in [0.1, 0.15) is 0 Å². The maximum absolute atomic E-state index is 13.0. The molecule has 1 aromatic rings. The minimum atomic E-state index is -0.836. The smallest absolute Gasteiger partial charge is 0.307 e. The van der Waals surface area contributed by atoms with Gasteiger partial charge in [0, 0.05) is 26.2 Å². The summed E-state index contributed by atoms with van der Waals surface area (Å²) in [7, 11) is 0. The first-order valence-corrected chi connectivity index (χ1v) is 8.90. The average Bonchev–Trinajstić information content (AvgIpc) is 3.36. The van der Waals surface area contributed by atoms with Gasteiger partial charge in [-0.1, -0.05) is 0 Å². The molecule has 0 unspecified atom stereocenters. The summed E-state index contributed by atoms with van der Waals surface area (Å²) in [6.45, 7) is 1.80. The van der Waals surface area contributed by atoms with Crippen molar-refractivity contribution in [3.05, 3.63) is 24.2 Å². The van der Waals surface area contributed by atoms with E-state index >= 15 is 0 Å². The van der Waals surface area contributed by atoms with Crippen molar-refractivity contribution in [3.8, 4) is 0 Å². The van der Waals surface area contributed by atoms with Gasteiger partial charge in [-0.3, -0.25) is 14.4 Å². The molecule has 0 radical (unpaired) electrons. The molecule has 4 atom stereocenters. The van der Waals surface area contributed by atoms with Crippen LogP contribution in [-0.4, -0.2) is 58.9 Å². The Kier molecular flexibility index (Phi) is 4.01. The first-order valence-electron chi connectivity index (χ1n) is 8.90. The Labute approximate surface area is 145 Å². The molecular formula is C18H22N2O5. The highest BCUT2D eigenvalue weighted by atomic mass is 16.4. The second-order valence-electron chi connectivity index (χ2n) is 7.32. The van der Waals surface area contributed by atoms with Gasteiger partial charge in [0.25, 0.3) is 5.91 Å². The summed E-state index contributed by atoms with van der Waals surface area (Å²) in [6, 6.07) is 3.31. The summed E-state index contributed by atoms with van der Waals surface area (Å²) < 4.78 is 5.14. The minimum Gasteiger partial charge on any atom is -0.481 e. The van der Waals surface area contributed by atoms with Crippen molar-refractivity contribution in [3.63, 3.8) is 0 Å². The number of furan rings is 1. The number of carboxylic acids is 1. The Morgan fingerprint density at radius 3 is 2.24 bits per heavy atom. The van der Waals surface area contributed by atoms with Crippen LogP contribution >= 0.6 is 0 Å². The van der Waals surface area contributed by atoms with Crippen molar-refractivity contribution in [1.29, 1.82) is 0 Å². The van der Waals surface area contributed by atoms with Gasteiger partial charge in [-0.25, -0.2) is 0 Å². The summed E-state index contributed by atoms with van der Waals surface area (Å²) >= 11 is 0. The number of hydrogen-bond acceptors (Lipinski definition) is 4. The van der Waals surface area contributed by atoms with Crippen molar-refractivity contribution in [2.24, 2.45) is 23.7 Å². The maximum Gasteiger partial charge on any atom is 0.307 e. The third-order valence-corrected chi connectivity index (χ3v) is 6.10. The van der Waals surface area contributed by atoms with Crippen LogP contribution in [0.2, 0.25) is 0 Å². The predicted molar refractivity (Wildman–Crippen MR) is 86.6 cm³/mol. The minimum absolute atomic E-state index is 0.0373. The van der Waals surface area contributed by atoms with Crippen LogP contribution in [0.4, 0.5) is 0 Å². The molecule has 1 N–H and O–H groups in total. The van der Waals surface area contributed by atoms with E-state index in [1.807, 2.05) is 0 Å². The van der Waals surface area contributed by atoms with E-state index in [0.717, 1.165) is 19.3 Å². The second kappa shape index (κ2) is 6.20. The van der Waals surface area contributed by atoms with E-state index in [1.54, 1.807) is 21.9 Å². The van der Waals surface area contributed by atoms with Crippen LogP contribution in [0.25, 0.3) is 0 Å². The fourth-order valence-corrected chi connectivity index (χ4v) is 4.90. The van der Waals surface area contributed by atoms with Crippen LogP contribution in [0.1, 0.15) is 29.8 Å². The number of piperazine rings is 1. The lowest BCUT2D eigenvalue weighted by Crippen LogP contribution is -2.53. The molecule has 2 amide bonds. The molecule has 134 valence electrons. The zero-order valence-electron chi connectivity index (χ0n) is 14.0. The molecule has 1 saturated heterocycles. The van der Waals surface area contributed by atoms with E-state index in [-0.39, 0.29) is 29.6 Å². The molecular weight excluding hydrogens is 324 g/mol. The number of fused-ring (bicyclic) bond motifs is 2. The summed E-state index contributed by atoms with van der Waals surface area (Å²) in [5.41, 5.74) is 0. The summed E-state index contributed by atoms with van der Waals surface area (Å²) in [5.74, 6) is -1.29. The van der Waals surface area contributed by atoms with Gasteiger partial charge in [0.15, 0.2) is 5.76 Å². The van der Waals surface area contributed by atoms with Crippen molar-refractivity contribution in [1.82, 2.24) is 9.80 Å². The van der Waals surface area contributed by atoms with Crippen LogP contribution in [-0.2, 0) is 9.59 Å². The summed E-state index contributed by atoms with van der Waals surface area (Å²) in [6.07, 6.45) is 4.22. The highest BCUT2D eigenvalue weighted by molar-refractivity contribution is 5.92. The van der Waals surface area contributed by atoms with Crippen molar-refractivity contribution in [2.75, 3.05) is 26.2 Å².